The number of alkyl halides is 4. The molecule has 0 spiro atoms. The van der Waals surface area contributed by atoms with Crippen molar-refractivity contribution in [2.75, 3.05) is 11.6 Å². The van der Waals surface area contributed by atoms with E-state index in [0.717, 1.165) is 17.8 Å². The number of benzene rings is 1. The van der Waals surface area contributed by atoms with Crippen molar-refractivity contribution in [1.82, 2.24) is 0 Å². The third kappa shape index (κ3) is 3.89. The zero-order chi connectivity index (χ0) is 11.5. The Bertz CT molecular complexity index is 341. The van der Waals surface area contributed by atoms with Gasteiger partial charge in [-0.3, -0.25) is 0 Å². The van der Waals surface area contributed by atoms with Crippen LogP contribution in [0.25, 0.3) is 0 Å². The summed E-state index contributed by atoms with van der Waals surface area (Å²) in [7, 11) is 0. The van der Waals surface area contributed by atoms with Gasteiger partial charge in [0.1, 0.15) is 0 Å². The van der Waals surface area contributed by atoms with Gasteiger partial charge in [0.2, 0.25) is 0 Å². The van der Waals surface area contributed by atoms with E-state index in [0.29, 0.717) is 16.1 Å². The summed E-state index contributed by atoms with van der Waals surface area (Å²) in [6, 6.07) is 4.12. The maximum absolute atomic E-state index is 12.6. The van der Waals surface area contributed by atoms with Crippen LogP contribution < -0.4 is 0 Å². The van der Waals surface area contributed by atoms with E-state index in [-0.39, 0.29) is 4.90 Å². The molecule has 0 aliphatic rings. The van der Waals surface area contributed by atoms with Crippen LogP contribution in [0.5, 0.6) is 0 Å². The van der Waals surface area contributed by atoms with Gasteiger partial charge in [0, 0.05) is 21.0 Å². The standard InChI is InChI=1S/C9H7BrClF3S/c10-6-1-2-8(15-4-3-11)7(5-6)9(12,13)14/h1-2,5H,3-4H2. The number of rotatable bonds is 3. The van der Waals surface area contributed by atoms with Gasteiger partial charge in [0.05, 0.1) is 5.56 Å². The molecule has 0 radical (unpaired) electrons. The fraction of sp³-hybridized carbons (Fsp3) is 0.333. The molecule has 0 N–H and O–H groups in total. The second-order valence-electron chi connectivity index (χ2n) is 2.68. The van der Waals surface area contributed by atoms with E-state index in [4.69, 9.17) is 11.6 Å². The number of hydrogen-bond acceptors (Lipinski definition) is 1. The van der Waals surface area contributed by atoms with Crippen LogP contribution in [0.3, 0.4) is 0 Å². The lowest BCUT2D eigenvalue weighted by Gasteiger charge is -2.12. The number of hydrogen-bond donors (Lipinski definition) is 0. The number of thioether (sulfide) groups is 1. The monoisotopic (exact) mass is 318 g/mol. The minimum Gasteiger partial charge on any atom is -0.166 e. The van der Waals surface area contributed by atoms with Crippen LogP contribution in [0.1, 0.15) is 5.56 Å². The molecule has 0 fully saturated rings. The van der Waals surface area contributed by atoms with Gasteiger partial charge in [-0.15, -0.1) is 23.4 Å². The minimum absolute atomic E-state index is 0.214. The zero-order valence-corrected chi connectivity index (χ0v) is 10.6. The normalized spacial score (nSPS) is 11.8. The third-order valence-corrected chi connectivity index (χ3v) is 3.56. The quantitative estimate of drug-likeness (QED) is 0.570. The van der Waals surface area contributed by atoms with Gasteiger partial charge in [-0.25, -0.2) is 0 Å². The molecule has 0 heterocycles. The highest BCUT2D eigenvalue weighted by Gasteiger charge is 2.33. The van der Waals surface area contributed by atoms with Crippen LogP contribution in [0, 0.1) is 0 Å². The fourth-order valence-corrected chi connectivity index (χ4v) is 2.38. The van der Waals surface area contributed by atoms with E-state index in [1.807, 2.05) is 0 Å². The highest BCUT2D eigenvalue weighted by Crippen LogP contribution is 2.38. The van der Waals surface area contributed by atoms with Gasteiger partial charge in [0.15, 0.2) is 0 Å². The molecule has 0 atom stereocenters. The maximum atomic E-state index is 12.6. The molecular weight excluding hydrogens is 313 g/mol. The summed E-state index contributed by atoms with van der Waals surface area (Å²) in [6.07, 6.45) is -4.32. The summed E-state index contributed by atoms with van der Waals surface area (Å²) in [5, 5.41) is 0. The predicted molar refractivity (Wildman–Crippen MR) is 60.6 cm³/mol. The summed E-state index contributed by atoms with van der Waals surface area (Å²) >= 11 is 9.57. The molecule has 15 heavy (non-hydrogen) atoms. The maximum Gasteiger partial charge on any atom is 0.417 e. The van der Waals surface area contributed by atoms with Crippen LogP contribution in [0.2, 0.25) is 0 Å². The van der Waals surface area contributed by atoms with Gasteiger partial charge in [-0.05, 0) is 18.2 Å². The Kier molecular flexibility index (Phi) is 4.80. The fourth-order valence-electron chi connectivity index (χ4n) is 0.998. The van der Waals surface area contributed by atoms with E-state index in [2.05, 4.69) is 15.9 Å². The molecule has 0 aliphatic heterocycles. The molecule has 0 saturated carbocycles. The van der Waals surface area contributed by atoms with Crippen molar-refractivity contribution in [1.29, 1.82) is 0 Å². The van der Waals surface area contributed by atoms with Crippen molar-refractivity contribution in [3.05, 3.63) is 28.2 Å². The Morgan fingerprint density at radius 1 is 1.33 bits per heavy atom. The van der Waals surface area contributed by atoms with Gasteiger partial charge >= 0.3 is 6.18 Å². The molecule has 84 valence electrons. The first kappa shape index (κ1) is 13.2. The Morgan fingerprint density at radius 2 is 2.00 bits per heavy atom. The van der Waals surface area contributed by atoms with Gasteiger partial charge in [-0.2, -0.15) is 13.2 Å². The Hall–Kier alpha value is 0.130. The molecular formula is C9H7BrClF3S. The van der Waals surface area contributed by atoms with Crippen LogP contribution >= 0.6 is 39.3 Å². The summed E-state index contributed by atoms with van der Waals surface area (Å²) < 4.78 is 38.2. The summed E-state index contributed by atoms with van der Waals surface area (Å²) in [5.41, 5.74) is -0.619. The first-order chi connectivity index (χ1) is 6.95. The smallest absolute Gasteiger partial charge is 0.166 e. The lowest BCUT2D eigenvalue weighted by atomic mass is 10.2. The third-order valence-electron chi connectivity index (χ3n) is 1.58. The topological polar surface area (TPSA) is 0 Å². The summed E-state index contributed by atoms with van der Waals surface area (Å²) in [4.78, 5) is 0.214. The Balaban J connectivity index is 3.04. The molecule has 0 amide bonds. The van der Waals surface area contributed by atoms with Crippen LogP contribution in [0.15, 0.2) is 27.6 Å². The summed E-state index contributed by atoms with van der Waals surface area (Å²) in [6.45, 7) is 0. The highest BCUT2D eigenvalue weighted by molar-refractivity contribution is 9.10. The van der Waals surface area contributed by atoms with Crippen LogP contribution in [-0.4, -0.2) is 11.6 Å². The Morgan fingerprint density at radius 3 is 2.53 bits per heavy atom. The first-order valence-electron chi connectivity index (χ1n) is 4.00. The van der Waals surface area contributed by atoms with Crippen LogP contribution in [-0.2, 0) is 6.18 Å². The van der Waals surface area contributed by atoms with Crippen molar-refractivity contribution in [3.63, 3.8) is 0 Å². The minimum atomic E-state index is -4.32. The average molecular weight is 320 g/mol. The van der Waals surface area contributed by atoms with Crippen molar-refractivity contribution < 1.29 is 13.2 Å². The van der Waals surface area contributed by atoms with Crippen LogP contribution in [0.4, 0.5) is 13.2 Å². The molecule has 0 nitrogen and oxygen atoms in total. The van der Waals surface area contributed by atoms with Gasteiger partial charge in [0.25, 0.3) is 0 Å². The molecule has 0 unspecified atom stereocenters. The average Bonchev–Trinajstić information content (AvgIpc) is 2.14. The second-order valence-corrected chi connectivity index (χ2v) is 5.11. The first-order valence-corrected chi connectivity index (χ1v) is 6.32. The largest absolute Gasteiger partial charge is 0.417 e. The van der Waals surface area contributed by atoms with Gasteiger partial charge in [-0.1, -0.05) is 15.9 Å². The molecule has 0 bridgehead atoms. The SMILES string of the molecule is FC(F)(F)c1cc(Br)ccc1SCCCl. The van der Waals surface area contributed by atoms with Crippen molar-refractivity contribution in [2.45, 2.75) is 11.1 Å². The lowest BCUT2D eigenvalue weighted by Crippen LogP contribution is -2.07. The molecule has 1 aromatic carbocycles. The number of halogens is 5. The molecule has 0 aliphatic carbocycles. The molecule has 1 rings (SSSR count). The zero-order valence-electron chi connectivity index (χ0n) is 7.44. The highest BCUT2D eigenvalue weighted by atomic mass is 79.9. The van der Waals surface area contributed by atoms with Crippen molar-refractivity contribution in [3.8, 4) is 0 Å². The molecule has 0 saturated heterocycles. The van der Waals surface area contributed by atoms with Gasteiger partial charge < -0.3 is 0 Å². The van der Waals surface area contributed by atoms with Crippen molar-refractivity contribution in [2.24, 2.45) is 0 Å². The Labute approximate surface area is 103 Å². The molecule has 6 heteroatoms. The predicted octanol–water partition coefficient (Wildman–Crippen LogP) is 4.80. The second kappa shape index (κ2) is 5.46. The van der Waals surface area contributed by atoms with Crippen molar-refractivity contribution >= 4 is 39.3 Å². The van der Waals surface area contributed by atoms with E-state index >= 15 is 0 Å². The summed E-state index contributed by atoms with van der Waals surface area (Å²) in [5.74, 6) is 0.796. The molecule has 0 aromatic heterocycles. The van der Waals surface area contributed by atoms with E-state index < -0.39 is 11.7 Å². The van der Waals surface area contributed by atoms with E-state index in [9.17, 15) is 13.2 Å². The molecule has 1 aromatic rings. The van der Waals surface area contributed by atoms with E-state index in [1.165, 1.54) is 6.07 Å². The lowest BCUT2D eigenvalue weighted by molar-refractivity contribution is -0.139. The van der Waals surface area contributed by atoms with E-state index in [1.54, 1.807) is 6.07 Å².